The third-order valence-corrected chi connectivity index (χ3v) is 2.36. The van der Waals surface area contributed by atoms with Crippen LogP contribution in [0.15, 0.2) is 6.07 Å². The lowest BCUT2D eigenvalue weighted by Crippen LogP contribution is -2.35. The molecule has 0 aliphatic carbocycles. The molecule has 4 heteroatoms. The Kier molecular flexibility index (Phi) is 4.29. The molecular weight excluding hydrogens is 188 g/mol. The van der Waals surface area contributed by atoms with Crippen molar-refractivity contribution in [2.75, 3.05) is 20.6 Å². The van der Waals surface area contributed by atoms with Crippen molar-refractivity contribution < 1.29 is 0 Å². The maximum Gasteiger partial charge on any atom is 0.0596 e. The van der Waals surface area contributed by atoms with Crippen molar-refractivity contribution >= 4 is 0 Å². The number of likely N-dealkylation sites (N-methyl/N-ethyl adjacent to an activating group) is 1. The summed E-state index contributed by atoms with van der Waals surface area (Å²) in [5, 5.41) is 4.41. The maximum atomic E-state index is 6.06. The van der Waals surface area contributed by atoms with E-state index < -0.39 is 0 Å². The van der Waals surface area contributed by atoms with Crippen molar-refractivity contribution in [3.8, 4) is 0 Å². The van der Waals surface area contributed by atoms with Gasteiger partial charge in [0.05, 0.1) is 5.69 Å². The molecule has 4 nitrogen and oxygen atoms in total. The Bertz CT molecular complexity index is 304. The zero-order valence-electron chi connectivity index (χ0n) is 10.2. The molecule has 0 aliphatic heterocycles. The molecule has 1 heterocycles. The minimum absolute atomic E-state index is 0.182. The summed E-state index contributed by atoms with van der Waals surface area (Å²) < 4.78 is 2.03. The molecule has 1 rings (SSSR count). The second kappa shape index (κ2) is 5.28. The van der Waals surface area contributed by atoms with Gasteiger partial charge in [-0.25, -0.2) is 0 Å². The van der Waals surface area contributed by atoms with Gasteiger partial charge < -0.3 is 10.6 Å². The largest absolute Gasteiger partial charge is 0.326 e. The van der Waals surface area contributed by atoms with E-state index in [4.69, 9.17) is 5.73 Å². The van der Waals surface area contributed by atoms with Crippen LogP contribution in [0.1, 0.15) is 18.3 Å². The lowest BCUT2D eigenvalue weighted by atomic mass is 10.1. The van der Waals surface area contributed by atoms with Crippen LogP contribution in [0.2, 0.25) is 0 Å². The first-order valence-corrected chi connectivity index (χ1v) is 5.46. The van der Waals surface area contributed by atoms with Crippen LogP contribution < -0.4 is 5.73 Å². The number of nitrogens with two attached hydrogens (primary N) is 1. The Morgan fingerprint density at radius 3 is 2.73 bits per heavy atom. The lowest BCUT2D eigenvalue weighted by molar-refractivity contribution is 0.367. The van der Waals surface area contributed by atoms with Gasteiger partial charge in [-0.15, -0.1) is 0 Å². The van der Waals surface area contributed by atoms with E-state index in [9.17, 15) is 0 Å². The highest BCUT2D eigenvalue weighted by molar-refractivity contribution is 5.10. The molecule has 86 valence electrons. The maximum absolute atomic E-state index is 6.06. The van der Waals surface area contributed by atoms with Crippen LogP contribution >= 0.6 is 0 Å². The van der Waals surface area contributed by atoms with Crippen LogP contribution in [0.3, 0.4) is 0 Å². The van der Waals surface area contributed by atoms with E-state index in [1.807, 2.05) is 25.7 Å². The van der Waals surface area contributed by atoms with Gasteiger partial charge in [-0.1, -0.05) is 0 Å². The van der Waals surface area contributed by atoms with Gasteiger partial charge in [-0.2, -0.15) is 5.10 Å². The second-order valence-corrected chi connectivity index (χ2v) is 4.32. The lowest BCUT2D eigenvalue weighted by Gasteiger charge is -2.17. The smallest absolute Gasteiger partial charge is 0.0596 e. The summed E-state index contributed by atoms with van der Waals surface area (Å²) >= 11 is 0. The molecular formula is C11H22N4. The number of hydrogen-bond donors (Lipinski definition) is 1. The molecule has 1 atom stereocenters. The van der Waals surface area contributed by atoms with Crippen LogP contribution in [0.25, 0.3) is 0 Å². The van der Waals surface area contributed by atoms with E-state index in [2.05, 4.69) is 23.0 Å². The molecule has 1 aromatic rings. The number of hydrogen-bond acceptors (Lipinski definition) is 3. The molecule has 0 saturated carbocycles. The van der Waals surface area contributed by atoms with Gasteiger partial charge in [0.25, 0.3) is 0 Å². The highest BCUT2D eigenvalue weighted by Gasteiger charge is 2.10. The van der Waals surface area contributed by atoms with Crippen LogP contribution in [-0.2, 0) is 13.0 Å². The fourth-order valence-electron chi connectivity index (χ4n) is 1.84. The van der Waals surface area contributed by atoms with E-state index in [1.54, 1.807) is 0 Å². The number of rotatable bonds is 5. The summed E-state index contributed by atoms with van der Waals surface area (Å²) in [6.45, 7) is 5.95. The second-order valence-electron chi connectivity index (χ2n) is 4.32. The zero-order chi connectivity index (χ0) is 11.4. The molecule has 0 bridgehead atoms. The van der Waals surface area contributed by atoms with Gasteiger partial charge in [0.15, 0.2) is 0 Å². The minimum atomic E-state index is 0.182. The van der Waals surface area contributed by atoms with Crippen LogP contribution in [0.5, 0.6) is 0 Å². The fourth-order valence-corrected chi connectivity index (χ4v) is 1.84. The van der Waals surface area contributed by atoms with Gasteiger partial charge in [0.2, 0.25) is 0 Å². The molecule has 1 unspecified atom stereocenters. The first kappa shape index (κ1) is 12.2. The molecule has 0 aliphatic rings. The third-order valence-electron chi connectivity index (χ3n) is 2.36. The molecule has 15 heavy (non-hydrogen) atoms. The summed E-state index contributed by atoms with van der Waals surface area (Å²) in [5.41, 5.74) is 8.37. The Balaban J connectivity index is 2.62. The summed E-state index contributed by atoms with van der Waals surface area (Å²) in [6.07, 6.45) is 0.896. The van der Waals surface area contributed by atoms with E-state index in [0.717, 1.165) is 25.2 Å². The predicted octanol–water partition coefficient (Wildman–Crippen LogP) is 0.643. The van der Waals surface area contributed by atoms with Crippen LogP contribution in [0.4, 0.5) is 0 Å². The van der Waals surface area contributed by atoms with Crippen molar-refractivity contribution in [3.63, 3.8) is 0 Å². The first-order chi connectivity index (χ1) is 7.02. The monoisotopic (exact) mass is 210 g/mol. The van der Waals surface area contributed by atoms with Gasteiger partial charge in [0.1, 0.15) is 0 Å². The summed E-state index contributed by atoms with van der Waals surface area (Å²) in [4.78, 5) is 2.12. The molecule has 0 amide bonds. The molecule has 0 fully saturated rings. The average Bonchev–Trinajstić information content (AvgIpc) is 2.44. The average molecular weight is 210 g/mol. The van der Waals surface area contributed by atoms with Crippen LogP contribution in [-0.4, -0.2) is 41.4 Å². The zero-order valence-corrected chi connectivity index (χ0v) is 10.2. The highest BCUT2D eigenvalue weighted by atomic mass is 15.3. The Morgan fingerprint density at radius 2 is 2.20 bits per heavy atom. The number of aryl methyl sites for hydroxylation is 2. The first-order valence-electron chi connectivity index (χ1n) is 5.46. The fraction of sp³-hybridized carbons (Fsp3) is 0.727. The number of nitrogens with zero attached hydrogens (tertiary/aromatic N) is 3. The molecule has 0 aromatic carbocycles. The Morgan fingerprint density at radius 1 is 1.53 bits per heavy atom. The van der Waals surface area contributed by atoms with Gasteiger partial charge in [0, 0.05) is 31.2 Å². The summed E-state index contributed by atoms with van der Waals surface area (Å²) in [6, 6.07) is 2.31. The van der Waals surface area contributed by atoms with Crippen molar-refractivity contribution in [2.45, 2.75) is 32.9 Å². The van der Waals surface area contributed by atoms with Gasteiger partial charge >= 0.3 is 0 Å². The van der Waals surface area contributed by atoms with E-state index >= 15 is 0 Å². The van der Waals surface area contributed by atoms with Gasteiger partial charge in [-0.05, 0) is 34.0 Å². The minimum Gasteiger partial charge on any atom is -0.326 e. The van der Waals surface area contributed by atoms with Crippen LogP contribution in [0, 0.1) is 6.92 Å². The van der Waals surface area contributed by atoms with Gasteiger partial charge in [-0.3, -0.25) is 4.68 Å². The normalized spacial score (nSPS) is 13.5. The molecule has 0 saturated heterocycles. The third kappa shape index (κ3) is 3.64. The molecule has 0 radical (unpaired) electrons. The van der Waals surface area contributed by atoms with E-state index in [0.29, 0.717) is 0 Å². The quantitative estimate of drug-likeness (QED) is 0.776. The number of aromatic nitrogens is 2. The molecule has 2 N–H and O–H groups in total. The SMILES string of the molecule is CCn1nc(C)cc1CC(N)CN(C)C. The summed E-state index contributed by atoms with van der Waals surface area (Å²) in [5.74, 6) is 0. The van der Waals surface area contributed by atoms with E-state index in [1.165, 1.54) is 5.69 Å². The predicted molar refractivity (Wildman–Crippen MR) is 62.9 cm³/mol. The van der Waals surface area contributed by atoms with Crippen molar-refractivity contribution in [3.05, 3.63) is 17.5 Å². The molecule has 0 spiro atoms. The molecule has 1 aromatic heterocycles. The standard InChI is InChI=1S/C11H22N4/c1-5-15-11(6-9(2)13-15)7-10(12)8-14(3)4/h6,10H,5,7-8,12H2,1-4H3. The summed E-state index contributed by atoms with van der Waals surface area (Å²) in [7, 11) is 4.09. The van der Waals surface area contributed by atoms with Crippen molar-refractivity contribution in [1.82, 2.24) is 14.7 Å². The van der Waals surface area contributed by atoms with Crippen molar-refractivity contribution in [2.24, 2.45) is 5.73 Å². The Labute approximate surface area is 92.1 Å². The highest BCUT2D eigenvalue weighted by Crippen LogP contribution is 2.06. The topological polar surface area (TPSA) is 47.1 Å². The Hall–Kier alpha value is -0.870. The van der Waals surface area contributed by atoms with E-state index in [-0.39, 0.29) is 6.04 Å². The van der Waals surface area contributed by atoms with Crippen molar-refractivity contribution in [1.29, 1.82) is 0 Å².